The normalized spacial score (nSPS) is 15.9. The third-order valence-electron chi connectivity index (χ3n) is 6.91. The van der Waals surface area contributed by atoms with E-state index in [1.54, 1.807) is 6.07 Å². The molecule has 2 aromatic rings. The molecular weight excluding hydrogens is 525 g/mol. The number of hydrogen-bond donors (Lipinski definition) is 3. The molecule has 11 heteroatoms. The Hall–Kier alpha value is -3.34. The Morgan fingerprint density at radius 3 is 2.33 bits per heavy atom. The van der Waals surface area contributed by atoms with Crippen LogP contribution in [0.25, 0.3) is 0 Å². The smallest absolute Gasteiger partial charge is 0.323 e. The van der Waals surface area contributed by atoms with Crippen LogP contribution in [0.3, 0.4) is 0 Å². The third kappa shape index (κ3) is 8.32. The van der Waals surface area contributed by atoms with E-state index in [9.17, 15) is 27.5 Å². The summed E-state index contributed by atoms with van der Waals surface area (Å²) in [6, 6.07) is 8.87. The summed E-state index contributed by atoms with van der Waals surface area (Å²) in [5, 5.41) is 14.8. The molecule has 1 fully saturated rings. The summed E-state index contributed by atoms with van der Waals surface area (Å²) >= 11 is 0. The Morgan fingerprint density at radius 1 is 1.10 bits per heavy atom. The fourth-order valence-corrected chi connectivity index (χ4v) is 6.36. The van der Waals surface area contributed by atoms with E-state index >= 15 is 0 Å². The number of carboxylic acid groups (broad SMARTS) is 1. The zero-order valence-electron chi connectivity index (χ0n) is 22.9. The van der Waals surface area contributed by atoms with E-state index in [-0.39, 0.29) is 41.5 Å². The average molecular weight is 564 g/mol. The van der Waals surface area contributed by atoms with Crippen molar-refractivity contribution < 1.29 is 32.2 Å². The monoisotopic (exact) mass is 563 g/mol. The van der Waals surface area contributed by atoms with Gasteiger partial charge in [0.1, 0.15) is 21.4 Å². The van der Waals surface area contributed by atoms with Gasteiger partial charge in [0.25, 0.3) is 0 Å². The van der Waals surface area contributed by atoms with E-state index in [1.165, 1.54) is 25.3 Å². The van der Waals surface area contributed by atoms with Gasteiger partial charge in [-0.05, 0) is 60.9 Å². The maximum absolute atomic E-state index is 14.5. The van der Waals surface area contributed by atoms with Gasteiger partial charge in [0.2, 0.25) is 0 Å². The number of amides is 2. The van der Waals surface area contributed by atoms with Crippen LogP contribution < -0.4 is 20.3 Å². The molecule has 3 N–H and O–H groups in total. The highest BCUT2D eigenvalue weighted by Crippen LogP contribution is 2.36. The molecule has 0 spiro atoms. The van der Waals surface area contributed by atoms with Gasteiger partial charge in [-0.2, -0.15) is 0 Å². The number of anilines is 3. The molecule has 0 aliphatic carbocycles. The van der Waals surface area contributed by atoms with Crippen LogP contribution in [0.5, 0.6) is 5.75 Å². The van der Waals surface area contributed by atoms with Gasteiger partial charge in [-0.1, -0.05) is 26.8 Å². The maximum atomic E-state index is 14.5. The summed E-state index contributed by atoms with van der Waals surface area (Å²) in [4.78, 5) is 26.7. The van der Waals surface area contributed by atoms with Gasteiger partial charge in [-0.3, -0.25) is 4.79 Å². The van der Waals surface area contributed by atoms with Crippen molar-refractivity contribution in [2.24, 2.45) is 5.92 Å². The second-order valence-electron chi connectivity index (χ2n) is 10.3. The van der Waals surface area contributed by atoms with Gasteiger partial charge in [0.15, 0.2) is 0 Å². The highest BCUT2D eigenvalue weighted by molar-refractivity contribution is 7.91. The van der Waals surface area contributed by atoms with Gasteiger partial charge in [0.05, 0.1) is 42.1 Å². The van der Waals surface area contributed by atoms with E-state index in [2.05, 4.69) is 29.4 Å². The number of halogens is 1. The number of methoxy groups -OCH3 is 1. The van der Waals surface area contributed by atoms with Crippen LogP contribution in [0, 0.1) is 11.7 Å². The molecule has 1 saturated heterocycles. The van der Waals surface area contributed by atoms with E-state index in [1.807, 2.05) is 19.1 Å². The van der Waals surface area contributed by atoms with Gasteiger partial charge in [-0.15, -0.1) is 0 Å². The van der Waals surface area contributed by atoms with Crippen LogP contribution in [0.1, 0.15) is 57.9 Å². The van der Waals surface area contributed by atoms with Crippen LogP contribution in [-0.2, 0) is 14.6 Å². The summed E-state index contributed by atoms with van der Waals surface area (Å²) in [6.45, 7) is 6.65. The molecule has 1 atom stereocenters. The number of carbonyl (C=O) groups is 2. The summed E-state index contributed by atoms with van der Waals surface area (Å²) < 4.78 is 43.7. The molecule has 0 radical (unpaired) electrons. The Bertz CT molecular complexity index is 1270. The number of nitrogens with one attached hydrogen (secondary N) is 2. The first-order chi connectivity index (χ1) is 18.4. The molecule has 1 heterocycles. The number of hydrogen-bond acceptors (Lipinski definition) is 6. The van der Waals surface area contributed by atoms with Crippen LogP contribution >= 0.6 is 0 Å². The Morgan fingerprint density at radius 2 is 1.77 bits per heavy atom. The minimum atomic E-state index is -3.07. The van der Waals surface area contributed by atoms with Crippen molar-refractivity contribution >= 4 is 38.9 Å². The first-order valence-electron chi connectivity index (χ1n) is 13.2. The molecule has 9 nitrogen and oxygen atoms in total. The van der Waals surface area contributed by atoms with Crippen molar-refractivity contribution in [3.8, 4) is 5.75 Å². The number of rotatable bonds is 11. The first-order valence-corrected chi connectivity index (χ1v) is 15.0. The minimum absolute atomic E-state index is 0.0279. The lowest BCUT2D eigenvalue weighted by molar-refractivity contribution is -0.137. The predicted molar refractivity (Wildman–Crippen MR) is 151 cm³/mol. The van der Waals surface area contributed by atoms with Gasteiger partial charge < -0.3 is 25.4 Å². The molecule has 0 unspecified atom stereocenters. The van der Waals surface area contributed by atoms with Crippen molar-refractivity contribution in [3.05, 3.63) is 47.8 Å². The molecular formula is C28H38FN3O6S. The number of sulfone groups is 1. The van der Waals surface area contributed by atoms with Crippen molar-refractivity contribution in [1.82, 2.24) is 0 Å². The average Bonchev–Trinajstić information content (AvgIpc) is 2.87. The zero-order valence-corrected chi connectivity index (χ0v) is 23.7. The third-order valence-corrected chi connectivity index (χ3v) is 8.63. The number of urea groups is 1. The highest BCUT2D eigenvalue weighted by atomic mass is 32.2. The standard InChI is InChI=1S/C28H38FN3O6S/c1-5-19(15-27(33)34)20-6-9-26(32(17-18(2)3)21-10-12-39(36,37)13-11-21)25(14-20)31-28(35)30-24-8-7-22(38-4)16-23(24)29/h6-9,14,16,18-19,21H,5,10-13,15,17H2,1-4H3,(H,33,34)(H2,30,31,35)/t19-/m0/s1. The van der Waals surface area contributed by atoms with Gasteiger partial charge in [-0.25, -0.2) is 17.6 Å². The molecule has 2 aromatic carbocycles. The summed E-state index contributed by atoms with van der Waals surface area (Å²) in [6.07, 6.45) is 1.46. The fraction of sp³-hybridized carbons (Fsp3) is 0.500. The number of carbonyl (C=O) groups excluding carboxylic acids is 1. The number of nitrogens with zero attached hydrogens (tertiary/aromatic N) is 1. The molecule has 1 aliphatic rings. The van der Waals surface area contributed by atoms with Crippen LogP contribution in [0.2, 0.25) is 0 Å². The minimum Gasteiger partial charge on any atom is -0.497 e. The zero-order chi connectivity index (χ0) is 28.7. The second-order valence-corrected chi connectivity index (χ2v) is 12.6. The van der Waals surface area contributed by atoms with Crippen molar-refractivity contribution in [2.75, 3.05) is 40.7 Å². The second kappa shape index (κ2) is 13.1. The predicted octanol–water partition coefficient (Wildman–Crippen LogP) is 5.49. The van der Waals surface area contributed by atoms with Crippen LogP contribution in [0.4, 0.5) is 26.2 Å². The summed E-state index contributed by atoms with van der Waals surface area (Å²) in [5.74, 6) is -1.08. The highest BCUT2D eigenvalue weighted by Gasteiger charge is 2.30. The van der Waals surface area contributed by atoms with E-state index in [4.69, 9.17) is 4.74 Å². The molecule has 39 heavy (non-hydrogen) atoms. The van der Waals surface area contributed by atoms with E-state index < -0.39 is 27.7 Å². The lowest BCUT2D eigenvalue weighted by Crippen LogP contribution is -2.43. The molecule has 214 valence electrons. The topological polar surface area (TPSA) is 125 Å². The lowest BCUT2D eigenvalue weighted by atomic mass is 9.92. The molecule has 2 amide bonds. The lowest BCUT2D eigenvalue weighted by Gasteiger charge is -2.38. The summed E-state index contributed by atoms with van der Waals surface area (Å²) in [7, 11) is -1.65. The SMILES string of the molecule is CC[C@@H](CC(=O)O)c1ccc(N(CC(C)C)C2CCS(=O)(=O)CC2)c(NC(=O)Nc2ccc(OC)cc2F)c1. The quantitative estimate of drug-likeness (QED) is 0.330. The van der Waals surface area contributed by atoms with Crippen molar-refractivity contribution in [2.45, 2.75) is 58.4 Å². The number of carboxylic acids is 1. The fourth-order valence-electron chi connectivity index (χ4n) is 4.89. The molecule has 0 saturated carbocycles. The maximum Gasteiger partial charge on any atom is 0.323 e. The van der Waals surface area contributed by atoms with Crippen molar-refractivity contribution in [3.63, 3.8) is 0 Å². The van der Waals surface area contributed by atoms with Crippen LogP contribution in [0.15, 0.2) is 36.4 Å². The van der Waals surface area contributed by atoms with Crippen molar-refractivity contribution in [1.29, 1.82) is 0 Å². The largest absolute Gasteiger partial charge is 0.497 e. The van der Waals surface area contributed by atoms with Crippen LogP contribution in [-0.4, -0.2) is 56.7 Å². The number of aliphatic carboxylic acids is 1. The molecule has 3 rings (SSSR count). The Labute approximate surface area is 229 Å². The van der Waals surface area contributed by atoms with E-state index in [0.717, 1.165) is 5.56 Å². The Kier molecular flexibility index (Phi) is 10.2. The summed E-state index contributed by atoms with van der Waals surface area (Å²) in [5.41, 5.74) is 1.87. The van der Waals surface area contributed by atoms with Gasteiger partial charge >= 0.3 is 12.0 Å². The number of ether oxygens (including phenoxy) is 1. The Balaban J connectivity index is 1.99. The molecule has 1 aliphatic heterocycles. The molecule has 0 aromatic heterocycles. The van der Waals surface area contributed by atoms with Gasteiger partial charge in [0, 0.05) is 18.7 Å². The first kappa shape index (κ1) is 30.2. The number of benzene rings is 2. The van der Waals surface area contributed by atoms with E-state index in [0.29, 0.717) is 42.9 Å². The molecule has 0 bridgehead atoms.